The molecule has 0 aromatic carbocycles. The number of rotatable bonds is 17. The lowest BCUT2D eigenvalue weighted by Gasteiger charge is -2.07. The maximum atomic E-state index is 10.8. The molecule has 0 aliphatic carbocycles. The molecule has 0 unspecified atom stereocenters. The predicted molar refractivity (Wildman–Crippen MR) is 116 cm³/mol. The van der Waals surface area contributed by atoms with Crippen LogP contribution in [0, 0.1) is 0 Å². The molecule has 0 aromatic heterocycles. The fourth-order valence-corrected chi connectivity index (χ4v) is 2.87. The van der Waals surface area contributed by atoms with Gasteiger partial charge in [0.05, 0.1) is 0 Å². The fourth-order valence-electron chi connectivity index (χ4n) is 2.87. The van der Waals surface area contributed by atoms with Crippen molar-refractivity contribution in [1.82, 2.24) is 10.9 Å². The topological polar surface area (TPSA) is 135 Å². The molecule has 0 heterocycles. The van der Waals surface area contributed by atoms with Crippen molar-refractivity contribution in [2.24, 2.45) is 21.7 Å². The van der Waals surface area contributed by atoms with Crippen LogP contribution < -0.4 is 22.3 Å². The lowest BCUT2D eigenvalue weighted by molar-refractivity contribution is 0.248. The molecule has 0 saturated carbocycles. The van der Waals surface area contributed by atoms with E-state index in [2.05, 4.69) is 34.9 Å². The van der Waals surface area contributed by atoms with E-state index in [1.54, 1.807) is 0 Å². The second kappa shape index (κ2) is 18.3. The summed E-state index contributed by atoms with van der Waals surface area (Å²) in [5, 5.41) is 8.24. The first-order valence-corrected chi connectivity index (χ1v) is 10.7. The summed E-state index contributed by atoms with van der Waals surface area (Å²) in [6.07, 6.45) is 14.8. The number of hydrazone groups is 2. The summed E-state index contributed by atoms with van der Waals surface area (Å²) >= 11 is 0. The highest BCUT2D eigenvalue weighted by Crippen LogP contribution is 2.12. The Balaban J connectivity index is 3.95. The Morgan fingerprint density at radius 3 is 1.25 bits per heavy atom. The zero-order valence-electron chi connectivity index (χ0n) is 17.8. The number of hydrogen-bond donors (Lipinski definition) is 4. The first kappa shape index (κ1) is 25.9. The van der Waals surface area contributed by atoms with Crippen LogP contribution in [-0.2, 0) is 0 Å². The smallest absolute Gasteiger partial charge is 0.332 e. The molecule has 0 aliphatic heterocycles. The van der Waals surface area contributed by atoms with E-state index in [0.29, 0.717) is 0 Å². The van der Waals surface area contributed by atoms with E-state index < -0.39 is 12.1 Å². The monoisotopic (exact) mass is 396 g/mol. The number of carbonyl (C=O) groups excluding carboxylic acids is 2. The van der Waals surface area contributed by atoms with Gasteiger partial charge >= 0.3 is 12.1 Å². The van der Waals surface area contributed by atoms with Gasteiger partial charge in [-0.3, -0.25) is 0 Å². The third-order valence-electron chi connectivity index (χ3n) is 4.47. The van der Waals surface area contributed by atoms with Gasteiger partial charge < -0.3 is 11.5 Å². The highest BCUT2D eigenvalue weighted by molar-refractivity contribution is 5.86. The number of primary amides is 2. The van der Waals surface area contributed by atoms with Gasteiger partial charge in [0.25, 0.3) is 0 Å². The van der Waals surface area contributed by atoms with Crippen molar-refractivity contribution >= 4 is 23.5 Å². The molecular formula is C20H40N6O2. The molecule has 0 spiro atoms. The molecule has 4 amide bonds. The summed E-state index contributed by atoms with van der Waals surface area (Å²) in [5.74, 6) is 0. The van der Waals surface area contributed by atoms with E-state index >= 15 is 0 Å². The van der Waals surface area contributed by atoms with Crippen molar-refractivity contribution < 1.29 is 9.59 Å². The molecule has 0 saturated heterocycles. The molecule has 8 heteroatoms. The fraction of sp³-hybridized carbons (Fsp3) is 0.800. The van der Waals surface area contributed by atoms with Crippen molar-refractivity contribution in [1.29, 1.82) is 0 Å². The first-order valence-electron chi connectivity index (χ1n) is 10.7. The van der Waals surface area contributed by atoms with E-state index in [1.165, 1.54) is 12.8 Å². The van der Waals surface area contributed by atoms with Gasteiger partial charge in [-0.05, 0) is 51.4 Å². The zero-order valence-corrected chi connectivity index (χ0v) is 17.8. The molecule has 28 heavy (non-hydrogen) atoms. The minimum absolute atomic E-state index is 0.609. The van der Waals surface area contributed by atoms with E-state index in [1.807, 2.05) is 0 Å². The molecule has 0 atom stereocenters. The highest BCUT2D eigenvalue weighted by Gasteiger charge is 2.03. The summed E-state index contributed by atoms with van der Waals surface area (Å²) in [7, 11) is 0. The Kier molecular flexibility index (Phi) is 16.9. The molecule has 0 rings (SSSR count). The summed E-state index contributed by atoms with van der Waals surface area (Å²) in [6, 6.07) is -1.22. The Morgan fingerprint density at radius 2 is 0.929 bits per heavy atom. The number of carbonyl (C=O) groups is 2. The second-order valence-electron chi connectivity index (χ2n) is 7.14. The van der Waals surface area contributed by atoms with Crippen LogP contribution in [0.4, 0.5) is 9.59 Å². The van der Waals surface area contributed by atoms with Crippen LogP contribution in [-0.4, -0.2) is 23.5 Å². The molecule has 0 fully saturated rings. The number of urea groups is 2. The number of amides is 4. The minimum Gasteiger partial charge on any atom is -0.350 e. The quantitative estimate of drug-likeness (QED) is 0.163. The average molecular weight is 397 g/mol. The average Bonchev–Trinajstić information content (AvgIpc) is 2.66. The Morgan fingerprint density at radius 1 is 0.607 bits per heavy atom. The summed E-state index contributed by atoms with van der Waals surface area (Å²) < 4.78 is 0. The second-order valence-corrected chi connectivity index (χ2v) is 7.14. The van der Waals surface area contributed by atoms with Crippen molar-refractivity contribution in [3.63, 3.8) is 0 Å². The van der Waals surface area contributed by atoms with Crippen LogP contribution in [0.25, 0.3) is 0 Å². The van der Waals surface area contributed by atoms with E-state index in [4.69, 9.17) is 11.5 Å². The molecule has 6 N–H and O–H groups in total. The molecule has 0 aliphatic rings. The summed E-state index contributed by atoms with van der Waals surface area (Å²) in [4.78, 5) is 21.6. The van der Waals surface area contributed by atoms with Gasteiger partial charge in [-0.15, -0.1) is 0 Å². The Bertz CT molecular complexity index is 447. The maximum absolute atomic E-state index is 10.8. The normalized spacial score (nSPS) is 12.1. The number of hydrogen-bond acceptors (Lipinski definition) is 4. The van der Waals surface area contributed by atoms with Crippen molar-refractivity contribution in [3.8, 4) is 0 Å². The van der Waals surface area contributed by atoms with Crippen molar-refractivity contribution in [3.05, 3.63) is 0 Å². The third kappa shape index (κ3) is 17.3. The van der Waals surface area contributed by atoms with E-state index in [0.717, 1.165) is 88.5 Å². The molecule has 162 valence electrons. The third-order valence-corrected chi connectivity index (χ3v) is 4.47. The Hall–Kier alpha value is -2.12. The Labute approximate surface area is 170 Å². The number of nitrogens with one attached hydrogen (secondary N) is 2. The van der Waals surface area contributed by atoms with Gasteiger partial charge in [-0.1, -0.05) is 52.4 Å². The van der Waals surface area contributed by atoms with Crippen LogP contribution in [0.3, 0.4) is 0 Å². The zero-order chi connectivity index (χ0) is 21.0. The SMILES string of the molecule is CCCCC(CCCCCCCCC(CCCC)=NNC(N)=O)=NNC(N)=O. The van der Waals surface area contributed by atoms with Gasteiger partial charge in [-0.2, -0.15) is 10.2 Å². The van der Waals surface area contributed by atoms with E-state index in [9.17, 15) is 9.59 Å². The van der Waals surface area contributed by atoms with Gasteiger partial charge in [0, 0.05) is 11.4 Å². The van der Waals surface area contributed by atoms with Crippen LogP contribution in [0.2, 0.25) is 0 Å². The van der Waals surface area contributed by atoms with Crippen LogP contribution in [0.1, 0.15) is 104 Å². The van der Waals surface area contributed by atoms with Gasteiger partial charge in [-0.25, -0.2) is 20.4 Å². The van der Waals surface area contributed by atoms with Gasteiger partial charge in [0.1, 0.15) is 0 Å². The van der Waals surface area contributed by atoms with E-state index in [-0.39, 0.29) is 0 Å². The number of nitrogens with two attached hydrogens (primary N) is 2. The number of nitrogens with zero attached hydrogens (tertiary/aromatic N) is 2. The molecular weight excluding hydrogens is 356 g/mol. The lowest BCUT2D eigenvalue weighted by Crippen LogP contribution is -2.25. The standard InChI is InChI=1S/C20H40N6O2/c1-3-5-13-17(23-25-19(21)27)15-11-9-7-8-10-12-16-18(14-6-4-2)24-26-20(22)28/h3-16H2,1-2H3,(H3,21,25,27)(H3,22,26,28). The molecule has 0 bridgehead atoms. The molecule has 8 nitrogen and oxygen atoms in total. The number of unbranched alkanes of at least 4 members (excludes halogenated alkanes) is 7. The molecule has 0 aromatic rings. The van der Waals surface area contributed by atoms with Crippen molar-refractivity contribution in [2.75, 3.05) is 0 Å². The lowest BCUT2D eigenvalue weighted by atomic mass is 10.0. The maximum Gasteiger partial charge on any atom is 0.332 e. The first-order chi connectivity index (χ1) is 13.5. The predicted octanol–water partition coefficient (Wildman–Crippen LogP) is 4.54. The van der Waals surface area contributed by atoms with Gasteiger partial charge in [0.15, 0.2) is 0 Å². The van der Waals surface area contributed by atoms with Crippen LogP contribution >= 0.6 is 0 Å². The van der Waals surface area contributed by atoms with Crippen LogP contribution in [0.15, 0.2) is 10.2 Å². The minimum atomic E-state index is -0.609. The largest absolute Gasteiger partial charge is 0.350 e. The molecule has 0 radical (unpaired) electrons. The highest BCUT2D eigenvalue weighted by atomic mass is 16.2. The van der Waals surface area contributed by atoms with Crippen LogP contribution in [0.5, 0.6) is 0 Å². The van der Waals surface area contributed by atoms with Gasteiger partial charge in [0.2, 0.25) is 0 Å². The summed E-state index contributed by atoms with van der Waals surface area (Å²) in [6.45, 7) is 4.28. The summed E-state index contributed by atoms with van der Waals surface area (Å²) in [5.41, 5.74) is 16.9. The van der Waals surface area contributed by atoms with Crippen molar-refractivity contribution in [2.45, 2.75) is 104 Å².